The summed E-state index contributed by atoms with van der Waals surface area (Å²) >= 11 is 0. The summed E-state index contributed by atoms with van der Waals surface area (Å²) in [6, 6.07) is 7.50. The predicted molar refractivity (Wildman–Crippen MR) is 81.2 cm³/mol. The van der Waals surface area contributed by atoms with Crippen LogP contribution in [-0.2, 0) is 6.42 Å². The van der Waals surface area contributed by atoms with Crippen molar-refractivity contribution in [2.75, 3.05) is 6.54 Å². The van der Waals surface area contributed by atoms with Crippen molar-refractivity contribution in [2.24, 2.45) is 5.92 Å². The molecule has 0 fully saturated rings. The van der Waals surface area contributed by atoms with Crippen LogP contribution in [0, 0.1) is 19.8 Å². The maximum absolute atomic E-state index is 3.67. The number of likely N-dealkylation sites (N-methyl/N-ethyl adjacent to an activating group) is 1. The topological polar surface area (TPSA) is 12.0 Å². The molecule has 0 aliphatic rings. The first-order valence-electron chi connectivity index (χ1n) is 7.41. The summed E-state index contributed by atoms with van der Waals surface area (Å²) < 4.78 is 0. The van der Waals surface area contributed by atoms with E-state index in [1.807, 2.05) is 0 Å². The molecule has 0 heterocycles. The standard InChI is InChI=1S/C17H29N/c1-6-16(7-2)17(18-8-3)12-15-10-9-13(4)14(5)11-15/h9-11,16-18H,6-8,12H2,1-5H3. The minimum Gasteiger partial charge on any atom is -0.314 e. The highest BCUT2D eigenvalue weighted by Gasteiger charge is 2.17. The molecule has 1 unspecified atom stereocenters. The summed E-state index contributed by atoms with van der Waals surface area (Å²) in [5.41, 5.74) is 4.27. The molecule has 0 amide bonds. The largest absolute Gasteiger partial charge is 0.314 e. The van der Waals surface area contributed by atoms with Crippen molar-refractivity contribution in [1.29, 1.82) is 0 Å². The summed E-state index contributed by atoms with van der Waals surface area (Å²) in [6.07, 6.45) is 3.68. The Kier molecular flexibility index (Phi) is 6.42. The van der Waals surface area contributed by atoms with Gasteiger partial charge in [-0.05, 0) is 49.4 Å². The van der Waals surface area contributed by atoms with E-state index in [1.54, 1.807) is 0 Å². The SMILES string of the molecule is CCNC(Cc1ccc(C)c(C)c1)C(CC)CC. The van der Waals surface area contributed by atoms with E-state index in [9.17, 15) is 0 Å². The molecule has 1 rings (SSSR count). The molecule has 1 atom stereocenters. The highest BCUT2D eigenvalue weighted by atomic mass is 14.9. The van der Waals surface area contributed by atoms with Crippen molar-refractivity contribution in [1.82, 2.24) is 5.32 Å². The van der Waals surface area contributed by atoms with Crippen LogP contribution in [0.1, 0.15) is 50.3 Å². The molecule has 102 valence electrons. The lowest BCUT2D eigenvalue weighted by atomic mass is 9.88. The Morgan fingerprint density at radius 3 is 2.17 bits per heavy atom. The molecule has 0 aliphatic heterocycles. The number of nitrogens with one attached hydrogen (secondary N) is 1. The van der Waals surface area contributed by atoms with Crippen LogP contribution in [0.2, 0.25) is 0 Å². The van der Waals surface area contributed by atoms with E-state index in [0.717, 1.165) is 18.9 Å². The molecule has 0 saturated carbocycles. The normalized spacial score (nSPS) is 13.0. The first-order chi connectivity index (χ1) is 8.62. The van der Waals surface area contributed by atoms with E-state index in [4.69, 9.17) is 0 Å². The zero-order chi connectivity index (χ0) is 13.5. The fraction of sp³-hybridized carbons (Fsp3) is 0.647. The Bertz CT molecular complexity index is 353. The van der Waals surface area contributed by atoms with E-state index >= 15 is 0 Å². The Morgan fingerprint density at radius 1 is 1.00 bits per heavy atom. The molecular weight excluding hydrogens is 218 g/mol. The lowest BCUT2D eigenvalue weighted by Gasteiger charge is -2.26. The molecule has 0 aliphatic carbocycles. The van der Waals surface area contributed by atoms with E-state index in [1.165, 1.54) is 29.5 Å². The number of rotatable bonds is 7. The minimum atomic E-state index is 0.618. The fourth-order valence-corrected chi connectivity index (χ4v) is 2.71. The molecule has 0 saturated heterocycles. The molecule has 1 N–H and O–H groups in total. The van der Waals surface area contributed by atoms with Crippen LogP contribution in [0.15, 0.2) is 18.2 Å². The summed E-state index contributed by atoms with van der Waals surface area (Å²) in [5, 5.41) is 3.67. The minimum absolute atomic E-state index is 0.618. The van der Waals surface area contributed by atoms with Gasteiger partial charge in [-0.3, -0.25) is 0 Å². The third-order valence-electron chi connectivity index (χ3n) is 4.11. The molecular formula is C17H29N. The van der Waals surface area contributed by atoms with Gasteiger partial charge in [0.25, 0.3) is 0 Å². The van der Waals surface area contributed by atoms with E-state index in [0.29, 0.717) is 6.04 Å². The van der Waals surface area contributed by atoms with Crippen LogP contribution in [-0.4, -0.2) is 12.6 Å². The van der Waals surface area contributed by atoms with Crippen LogP contribution in [0.5, 0.6) is 0 Å². The monoisotopic (exact) mass is 247 g/mol. The lowest BCUT2D eigenvalue weighted by molar-refractivity contribution is 0.336. The second-order valence-electron chi connectivity index (χ2n) is 5.36. The number of hydrogen-bond acceptors (Lipinski definition) is 1. The van der Waals surface area contributed by atoms with Gasteiger partial charge in [0.2, 0.25) is 0 Å². The molecule has 0 bridgehead atoms. The molecule has 1 heteroatoms. The smallest absolute Gasteiger partial charge is 0.0135 e. The van der Waals surface area contributed by atoms with Gasteiger partial charge < -0.3 is 5.32 Å². The van der Waals surface area contributed by atoms with Crippen LogP contribution in [0.4, 0.5) is 0 Å². The van der Waals surface area contributed by atoms with Crippen LogP contribution in [0.3, 0.4) is 0 Å². The van der Waals surface area contributed by atoms with Crippen LogP contribution >= 0.6 is 0 Å². The molecule has 1 aromatic rings. The molecule has 0 radical (unpaired) electrons. The summed E-state index contributed by atoms with van der Waals surface area (Å²) in [4.78, 5) is 0. The maximum atomic E-state index is 3.67. The highest BCUT2D eigenvalue weighted by molar-refractivity contribution is 5.30. The van der Waals surface area contributed by atoms with Gasteiger partial charge in [0.05, 0.1) is 0 Å². The van der Waals surface area contributed by atoms with Gasteiger partial charge in [0, 0.05) is 6.04 Å². The third kappa shape index (κ3) is 4.13. The zero-order valence-electron chi connectivity index (χ0n) is 12.7. The zero-order valence-corrected chi connectivity index (χ0v) is 12.7. The predicted octanol–water partition coefficient (Wildman–Crippen LogP) is 4.26. The van der Waals surface area contributed by atoms with Crippen molar-refractivity contribution in [3.63, 3.8) is 0 Å². The van der Waals surface area contributed by atoms with Gasteiger partial charge in [-0.15, -0.1) is 0 Å². The Morgan fingerprint density at radius 2 is 1.67 bits per heavy atom. The molecule has 0 aromatic heterocycles. The van der Waals surface area contributed by atoms with Crippen LogP contribution < -0.4 is 5.32 Å². The quantitative estimate of drug-likeness (QED) is 0.759. The van der Waals surface area contributed by atoms with Crippen molar-refractivity contribution in [2.45, 2.75) is 59.9 Å². The molecule has 18 heavy (non-hydrogen) atoms. The van der Waals surface area contributed by atoms with Gasteiger partial charge in [0.15, 0.2) is 0 Å². The van der Waals surface area contributed by atoms with E-state index in [-0.39, 0.29) is 0 Å². The first-order valence-corrected chi connectivity index (χ1v) is 7.41. The van der Waals surface area contributed by atoms with Crippen molar-refractivity contribution < 1.29 is 0 Å². The van der Waals surface area contributed by atoms with E-state index < -0.39 is 0 Å². The maximum Gasteiger partial charge on any atom is 0.0135 e. The lowest BCUT2D eigenvalue weighted by Crippen LogP contribution is -2.37. The van der Waals surface area contributed by atoms with Crippen molar-refractivity contribution in [3.8, 4) is 0 Å². The molecule has 1 nitrogen and oxygen atoms in total. The summed E-state index contributed by atoms with van der Waals surface area (Å²) in [6.45, 7) is 12.3. The molecule has 0 spiro atoms. The van der Waals surface area contributed by atoms with Crippen LogP contribution in [0.25, 0.3) is 0 Å². The summed E-state index contributed by atoms with van der Waals surface area (Å²) in [7, 11) is 0. The van der Waals surface area contributed by atoms with Gasteiger partial charge in [-0.1, -0.05) is 51.8 Å². The second-order valence-corrected chi connectivity index (χ2v) is 5.36. The first kappa shape index (κ1) is 15.2. The number of hydrogen-bond donors (Lipinski definition) is 1. The average molecular weight is 247 g/mol. The fourth-order valence-electron chi connectivity index (χ4n) is 2.71. The van der Waals surface area contributed by atoms with Gasteiger partial charge in [-0.25, -0.2) is 0 Å². The Balaban J connectivity index is 2.78. The number of aryl methyl sites for hydroxylation is 2. The van der Waals surface area contributed by atoms with Gasteiger partial charge in [-0.2, -0.15) is 0 Å². The van der Waals surface area contributed by atoms with Gasteiger partial charge in [0.1, 0.15) is 0 Å². The Labute approximate surface area is 113 Å². The van der Waals surface area contributed by atoms with Crippen molar-refractivity contribution >= 4 is 0 Å². The van der Waals surface area contributed by atoms with E-state index in [2.05, 4.69) is 58.1 Å². The highest BCUT2D eigenvalue weighted by Crippen LogP contribution is 2.19. The van der Waals surface area contributed by atoms with Gasteiger partial charge >= 0.3 is 0 Å². The Hall–Kier alpha value is -0.820. The number of benzene rings is 1. The van der Waals surface area contributed by atoms with Crippen molar-refractivity contribution in [3.05, 3.63) is 34.9 Å². The average Bonchev–Trinajstić information content (AvgIpc) is 2.35. The molecule has 1 aromatic carbocycles. The third-order valence-corrected chi connectivity index (χ3v) is 4.11. The summed E-state index contributed by atoms with van der Waals surface area (Å²) in [5.74, 6) is 0.784. The second kappa shape index (κ2) is 7.58.